The molecular weight excluding hydrogens is 326 g/mol. The summed E-state index contributed by atoms with van der Waals surface area (Å²) in [5, 5.41) is 0. The van der Waals surface area contributed by atoms with Gasteiger partial charge >= 0.3 is 6.09 Å². The molecule has 4 heteroatoms. The molecule has 0 N–H and O–H groups in total. The maximum absolute atomic E-state index is 12.3. The molecule has 0 bridgehead atoms. The first kappa shape index (κ1) is 18.2. The van der Waals surface area contributed by atoms with E-state index < -0.39 is 6.09 Å². The van der Waals surface area contributed by atoms with Gasteiger partial charge in [-0.25, -0.2) is 9.69 Å². The summed E-state index contributed by atoms with van der Waals surface area (Å²) in [5.74, 6) is -0.127. The topological polar surface area (TPSA) is 46.6 Å². The van der Waals surface area contributed by atoms with Crippen molar-refractivity contribution < 1.29 is 14.3 Å². The van der Waals surface area contributed by atoms with E-state index in [1.165, 1.54) is 10.5 Å². The SMILES string of the molecule is CCCCOC(=O)N1C(=O)CC[C@H]1Cc1ccc(-c2ccccc2)cc1. The highest BCUT2D eigenvalue weighted by molar-refractivity contribution is 5.94. The van der Waals surface area contributed by atoms with E-state index in [-0.39, 0.29) is 11.9 Å². The van der Waals surface area contributed by atoms with Crippen molar-refractivity contribution in [1.82, 2.24) is 4.90 Å². The minimum Gasteiger partial charge on any atom is -0.449 e. The van der Waals surface area contributed by atoms with Gasteiger partial charge in [0.1, 0.15) is 0 Å². The largest absolute Gasteiger partial charge is 0.449 e. The van der Waals surface area contributed by atoms with Crippen molar-refractivity contribution in [1.29, 1.82) is 0 Å². The third-order valence-corrected chi connectivity index (χ3v) is 4.78. The molecule has 0 aliphatic carbocycles. The second-order valence-corrected chi connectivity index (χ2v) is 6.69. The number of hydrogen-bond donors (Lipinski definition) is 0. The van der Waals surface area contributed by atoms with E-state index in [0.717, 1.165) is 24.0 Å². The maximum atomic E-state index is 12.3. The summed E-state index contributed by atoms with van der Waals surface area (Å²) in [4.78, 5) is 25.7. The van der Waals surface area contributed by atoms with Crippen molar-refractivity contribution in [2.75, 3.05) is 6.61 Å². The number of amides is 2. The lowest BCUT2D eigenvalue weighted by Crippen LogP contribution is -2.40. The third-order valence-electron chi connectivity index (χ3n) is 4.78. The zero-order chi connectivity index (χ0) is 18.4. The number of rotatable bonds is 6. The summed E-state index contributed by atoms with van der Waals surface area (Å²) in [5.41, 5.74) is 3.46. The molecule has 26 heavy (non-hydrogen) atoms. The summed E-state index contributed by atoms with van der Waals surface area (Å²) in [6, 6.07) is 18.4. The van der Waals surface area contributed by atoms with Crippen LogP contribution in [0.3, 0.4) is 0 Å². The molecule has 1 atom stereocenters. The van der Waals surface area contributed by atoms with E-state index >= 15 is 0 Å². The van der Waals surface area contributed by atoms with Crippen LogP contribution in [0.4, 0.5) is 4.79 Å². The fourth-order valence-electron chi connectivity index (χ4n) is 3.30. The van der Waals surface area contributed by atoms with Gasteiger partial charge in [-0.2, -0.15) is 0 Å². The molecule has 0 spiro atoms. The van der Waals surface area contributed by atoms with Crippen LogP contribution >= 0.6 is 0 Å². The molecule has 0 unspecified atom stereocenters. The van der Waals surface area contributed by atoms with Gasteiger partial charge in [0, 0.05) is 12.5 Å². The van der Waals surface area contributed by atoms with Crippen LogP contribution in [-0.4, -0.2) is 29.5 Å². The average molecular weight is 351 g/mol. The molecule has 1 aliphatic heterocycles. The Morgan fingerprint density at radius 2 is 1.77 bits per heavy atom. The first-order valence-electron chi connectivity index (χ1n) is 9.32. The summed E-state index contributed by atoms with van der Waals surface area (Å²) >= 11 is 0. The Hall–Kier alpha value is -2.62. The zero-order valence-electron chi connectivity index (χ0n) is 15.2. The number of imide groups is 1. The van der Waals surface area contributed by atoms with Gasteiger partial charge in [0.15, 0.2) is 0 Å². The van der Waals surface area contributed by atoms with Crippen molar-refractivity contribution in [2.45, 2.75) is 45.1 Å². The minimum absolute atomic E-state index is 0.112. The van der Waals surface area contributed by atoms with Crippen LogP contribution in [0.25, 0.3) is 11.1 Å². The number of carbonyl (C=O) groups is 2. The quantitative estimate of drug-likeness (QED) is 0.701. The molecule has 4 nitrogen and oxygen atoms in total. The minimum atomic E-state index is -0.494. The molecular formula is C22H25NO3. The molecule has 1 fully saturated rings. The van der Waals surface area contributed by atoms with Crippen LogP contribution in [-0.2, 0) is 16.0 Å². The van der Waals surface area contributed by atoms with Crippen LogP contribution in [0.5, 0.6) is 0 Å². The number of benzene rings is 2. The van der Waals surface area contributed by atoms with Crippen LogP contribution in [0.1, 0.15) is 38.2 Å². The van der Waals surface area contributed by atoms with E-state index in [9.17, 15) is 9.59 Å². The fourth-order valence-corrected chi connectivity index (χ4v) is 3.30. The van der Waals surface area contributed by atoms with E-state index in [4.69, 9.17) is 4.74 Å². The van der Waals surface area contributed by atoms with Crippen LogP contribution in [0.2, 0.25) is 0 Å². The van der Waals surface area contributed by atoms with Gasteiger partial charge in [0.25, 0.3) is 0 Å². The first-order chi connectivity index (χ1) is 12.7. The highest BCUT2D eigenvalue weighted by Crippen LogP contribution is 2.25. The highest BCUT2D eigenvalue weighted by Gasteiger charge is 2.36. The molecule has 1 heterocycles. The number of hydrogen-bond acceptors (Lipinski definition) is 3. The predicted octanol–water partition coefficient (Wildman–Crippen LogP) is 4.82. The smallest absolute Gasteiger partial charge is 0.416 e. The molecule has 3 rings (SSSR count). The second kappa shape index (κ2) is 8.65. The van der Waals surface area contributed by atoms with Gasteiger partial charge in [0.05, 0.1) is 6.61 Å². The lowest BCUT2D eigenvalue weighted by molar-refractivity contribution is -0.127. The number of likely N-dealkylation sites (tertiary alicyclic amines) is 1. The molecule has 0 aromatic heterocycles. The van der Waals surface area contributed by atoms with E-state index in [1.54, 1.807) is 0 Å². The molecule has 2 aromatic carbocycles. The van der Waals surface area contributed by atoms with Gasteiger partial charge in [-0.1, -0.05) is 67.9 Å². The summed E-state index contributed by atoms with van der Waals surface area (Å²) < 4.78 is 5.25. The number of nitrogens with zero attached hydrogens (tertiary/aromatic N) is 1. The maximum Gasteiger partial charge on any atom is 0.416 e. The second-order valence-electron chi connectivity index (χ2n) is 6.69. The molecule has 2 amide bonds. The molecule has 0 saturated carbocycles. The fraction of sp³-hybridized carbons (Fsp3) is 0.364. The molecule has 2 aromatic rings. The summed E-state index contributed by atoms with van der Waals surface area (Å²) in [7, 11) is 0. The Bertz CT molecular complexity index is 740. The number of carbonyl (C=O) groups excluding carboxylic acids is 2. The van der Waals surface area contributed by atoms with Crippen molar-refractivity contribution >= 4 is 12.0 Å². The Morgan fingerprint density at radius 3 is 2.46 bits per heavy atom. The van der Waals surface area contributed by atoms with Gasteiger partial charge in [0.2, 0.25) is 5.91 Å². The van der Waals surface area contributed by atoms with E-state index in [0.29, 0.717) is 25.9 Å². The Labute approximate surface area is 154 Å². The Kier molecular flexibility index (Phi) is 6.05. The van der Waals surface area contributed by atoms with Gasteiger partial charge in [-0.3, -0.25) is 4.79 Å². The Balaban J connectivity index is 1.65. The Morgan fingerprint density at radius 1 is 1.08 bits per heavy atom. The molecule has 136 valence electrons. The monoisotopic (exact) mass is 351 g/mol. The van der Waals surface area contributed by atoms with Crippen LogP contribution in [0, 0.1) is 0 Å². The van der Waals surface area contributed by atoms with E-state index in [2.05, 4.69) is 36.4 Å². The molecule has 1 saturated heterocycles. The van der Waals surface area contributed by atoms with E-state index in [1.807, 2.05) is 25.1 Å². The predicted molar refractivity (Wildman–Crippen MR) is 102 cm³/mol. The van der Waals surface area contributed by atoms with Crippen molar-refractivity contribution in [3.63, 3.8) is 0 Å². The molecule has 0 radical (unpaired) electrons. The zero-order valence-corrected chi connectivity index (χ0v) is 15.2. The van der Waals surface area contributed by atoms with Gasteiger partial charge in [-0.05, 0) is 36.0 Å². The van der Waals surface area contributed by atoms with Gasteiger partial charge < -0.3 is 4.74 Å². The number of unbranched alkanes of at least 4 members (excludes halogenated alkanes) is 1. The normalized spacial score (nSPS) is 16.7. The lowest BCUT2D eigenvalue weighted by Gasteiger charge is -2.22. The summed E-state index contributed by atoms with van der Waals surface area (Å²) in [6.07, 6.45) is 3.06. The van der Waals surface area contributed by atoms with Crippen molar-refractivity contribution in [2.24, 2.45) is 0 Å². The van der Waals surface area contributed by atoms with Gasteiger partial charge in [-0.15, -0.1) is 0 Å². The third kappa shape index (κ3) is 4.31. The van der Waals surface area contributed by atoms with Crippen molar-refractivity contribution in [3.8, 4) is 11.1 Å². The first-order valence-corrected chi connectivity index (χ1v) is 9.32. The van der Waals surface area contributed by atoms with Crippen LogP contribution in [0.15, 0.2) is 54.6 Å². The standard InChI is InChI=1S/C22H25NO3/c1-2-3-15-26-22(25)23-20(13-14-21(23)24)16-17-9-11-19(12-10-17)18-7-5-4-6-8-18/h4-12,20H,2-3,13-16H2,1H3/t20-/m0/s1. The number of ether oxygens (including phenoxy) is 1. The highest BCUT2D eigenvalue weighted by atomic mass is 16.6. The average Bonchev–Trinajstić information content (AvgIpc) is 3.03. The summed E-state index contributed by atoms with van der Waals surface area (Å²) in [6.45, 7) is 2.41. The van der Waals surface area contributed by atoms with Crippen LogP contribution < -0.4 is 0 Å². The lowest BCUT2D eigenvalue weighted by atomic mass is 10.00. The van der Waals surface area contributed by atoms with Crippen molar-refractivity contribution in [3.05, 3.63) is 60.2 Å². The molecule has 1 aliphatic rings.